The maximum Gasteiger partial charge on any atom is 0.184 e. The summed E-state index contributed by atoms with van der Waals surface area (Å²) in [6.45, 7) is 9.60. The van der Waals surface area contributed by atoms with Crippen molar-refractivity contribution >= 4 is 8.32 Å². The van der Waals surface area contributed by atoms with Crippen molar-refractivity contribution in [1.82, 2.24) is 0 Å². The normalized spacial score (nSPS) is 40.0. The molecule has 0 aromatic heterocycles. The van der Waals surface area contributed by atoms with Crippen molar-refractivity contribution < 1.29 is 9.16 Å². The molecular weight excluding hydrogens is 336 g/mol. The number of hydrogen-bond donors (Lipinski definition) is 0. The van der Waals surface area contributed by atoms with Crippen LogP contribution in [0.2, 0.25) is 19.6 Å². The molecule has 140 valence electrons. The fraction of sp³-hybridized carbons (Fsp3) is 0.652. The number of fused-ring (bicyclic) bond motifs is 7. The first-order valence-corrected chi connectivity index (χ1v) is 13.8. The van der Waals surface area contributed by atoms with Gasteiger partial charge < -0.3 is 9.16 Å². The van der Waals surface area contributed by atoms with Crippen LogP contribution in [0.5, 0.6) is 5.75 Å². The maximum absolute atomic E-state index is 6.88. The lowest BCUT2D eigenvalue weighted by molar-refractivity contribution is 0.0248. The van der Waals surface area contributed by atoms with E-state index in [4.69, 9.17) is 9.16 Å². The van der Waals surface area contributed by atoms with Crippen LogP contribution in [0.25, 0.3) is 0 Å². The molecule has 1 aromatic rings. The molecular formula is C23H32O2Si. The number of aryl methyl sites for hydroxylation is 1. The predicted octanol–water partition coefficient (Wildman–Crippen LogP) is 5.69. The Kier molecular flexibility index (Phi) is 3.45. The molecule has 0 N–H and O–H groups in total. The second-order valence-electron chi connectivity index (χ2n) is 10.2. The Balaban J connectivity index is 1.48. The van der Waals surface area contributed by atoms with Gasteiger partial charge in [-0.3, -0.25) is 0 Å². The Morgan fingerprint density at radius 2 is 1.92 bits per heavy atom. The summed E-state index contributed by atoms with van der Waals surface area (Å²) in [6.07, 6.45) is 9.00. The van der Waals surface area contributed by atoms with Crippen LogP contribution in [0.4, 0.5) is 0 Å². The predicted molar refractivity (Wildman–Crippen MR) is 108 cm³/mol. The second-order valence-corrected chi connectivity index (χ2v) is 14.7. The smallest absolute Gasteiger partial charge is 0.184 e. The van der Waals surface area contributed by atoms with E-state index in [2.05, 4.69) is 50.8 Å². The number of rotatable bonds is 3. The van der Waals surface area contributed by atoms with Gasteiger partial charge in [-0.2, -0.15) is 0 Å². The van der Waals surface area contributed by atoms with Crippen molar-refractivity contribution in [2.24, 2.45) is 17.3 Å². The van der Waals surface area contributed by atoms with Crippen LogP contribution in [0.15, 0.2) is 29.8 Å². The maximum atomic E-state index is 6.88. The zero-order valence-corrected chi connectivity index (χ0v) is 17.9. The Morgan fingerprint density at radius 3 is 2.65 bits per heavy atom. The van der Waals surface area contributed by atoms with Crippen LogP contribution in [-0.4, -0.2) is 21.0 Å². The van der Waals surface area contributed by atoms with Crippen LogP contribution in [0, 0.1) is 17.3 Å². The van der Waals surface area contributed by atoms with Gasteiger partial charge in [-0.1, -0.05) is 24.6 Å². The monoisotopic (exact) mass is 368 g/mol. The standard InChI is InChI=1S/C23H32O2Si/c1-22-11-10-19-18-9-7-17(24-2)12-15(18)6-8-20(19)21(22)13-16-14-23(16,22)25-26(3,4)5/h7,9,12-13,16,19-20H,6,8,10-11,14H2,1-5H3/t16?,19-,20-,22+,23?/m1/s1. The van der Waals surface area contributed by atoms with Crippen molar-refractivity contribution in [3.05, 3.63) is 41.0 Å². The molecule has 5 rings (SSSR count). The van der Waals surface area contributed by atoms with E-state index in [1.807, 2.05) is 0 Å². The molecule has 26 heavy (non-hydrogen) atoms. The molecule has 4 aliphatic rings. The average Bonchev–Trinajstić information content (AvgIpc) is 3.22. The minimum Gasteiger partial charge on any atom is -0.497 e. The van der Waals surface area contributed by atoms with Crippen LogP contribution in [0.3, 0.4) is 0 Å². The molecule has 1 aromatic carbocycles. The topological polar surface area (TPSA) is 18.5 Å². The van der Waals surface area contributed by atoms with Gasteiger partial charge in [0.2, 0.25) is 0 Å². The van der Waals surface area contributed by atoms with Gasteiger partial charge in [0.25, 0.3) is 0 Å². The first-order valence-electron chi connectivity index (χ1n) is 10.4. The highest BCUT2D eigenvalue weighted by atomic mass is 28.4. The summed E-state index contributed by atoms with van der Waals surface area (Å²) in [5, 5.41) is 0. The summed E-state index contributed by atoms with van der Waals surface area (Å²) >= 11 is 0. The zero-order chi connectivity index (χ0) is 18.3. The van der Waals surface area contributed by atoms with Crippen molar-refractivity contribution in [1.29, 1.82) is 0 Å². The van der Waals surface area contributed by atoms with Crippen LogP contribution in [0.1, 0.15) is 49.7 Å². The lowest BCUT2D eigenvalue weighted by Crippen LogP contribution is -2.48. The van der Waals surface area contributed by atoms with E-state index in [0.717, 1.165) is 11.7 Å². The van der Waals surface area contributed by atoms with Gasteiger partial charge in [0.1, 0.15) is 5.75 Å². The van der Waals surface area contributed by atoms with Crippen molar-refractivity contribution in [2.45, 2.75) is 70.2 Å². The van der Waals surface area contributed by atoms with Gasteiger partial charge in [0.05, 0.1) is 12.7 Å². The van der Waals surface area contributed by atoms with Crippen molar-refractivity contribution in [3.63, 3.8) is 0 Å². The number of ether oxygens (including phenoxy) is 1. The van der Waals surface area contributed by atoms with E-state index < -0.39 is 8.32 Å². The Morgan fingerprint density at radius 1 is 1.12 bits per heavy atom. The molecule has 0 bridgehead atoms. The van der Waals surface area contributed by atoms with E-state index in [1.165, 1.54) is 37.7 Å². The average molecular weight is 369 g/mol. The van der Waals surface area contributed by atoms with Gasteiger partial charge in [-0.25, -0.2) is 0 Å². The fourth-order valence-corrected chi connectivity index (χ4v) is 8.15. The molecule has 0 aliphatic heterocycles. The molecule has 2 saturated carbocycles. The minimum atomic E-state index is -1.54. The summed E-state index contributed by atoms with van der Waals surface area (Å²) in [5.41, 5.74) is 5.29. The molecule has 0 saturated heterocycles. The quantitative estimate of drug-likeness (QED) is 0.504. The van der Waals surface area contributed by atoms with Gasteiger partial charge in [0.15, 0.2) is 8.32 Å². The lowest BCUT2D eigenvalue weighted by Gasteiger charge is -2.51. The Hall–Kier alpha value is -1.06. The largest absolute Gasteiger partial charge is 0.497 e. The highest BCUT2D eigenvalue weighted by Gasteiger charge is 2.72. The lowest BCUT2D eigenvalue weighted by atomic mass is 9.56. The minimum absolute atomic E-state index is 0.151. The fourth-order valence-electron chi connectivity index (χ4n) is 6.60. The van der Waals surface area contributed by atoms with Gasteiger partial charge in [-0.05, 0) is 86.8 Å². The first kappa shape index (κ1) is 17.1. The number of hydrogen-bond acceptors (Lipinski definition) is 2. The summed E-state index contributed by atoms with van der Waals surface area (Å²) < 4.78 is 12.3. The van der Waals surface area contributed by atoms with Crippen molar-refractivity contribution in [3.8, 4) is 5.75 Å². The highest BCUT2D eigenvalue weighted by molar-refractivity contribution is 6.69. The molecule has 5 atom stereocenters. The second kappa shape index (κ2) is 5.26. The molecule has 2 unspecified atom stereocenters. The van der Waals surface area contributed by atoms with E-state index in [1.54, 1.807) is 18.2 Å². The molecule has 0 amide bonds. The molecule has 0 radical (unpaired) electrons. The molecule has 4 aliphatic carbocycles. The van der Waals surface area contributed by atoms with Crippen LogP contribution in [-0.2, 0) is 10.8 Å². The van der Waals surface area contributed by atoms with E-state index in [-0.39, 0.29) is 11.0 Å². The van der Waals surface area contributed by atoms with Crippen LogP contribution < -0.4 is 4.74 Å². The van der Waals surface area contributed by atoms with E-state index in [9.17, 15) is 0 Å². The summed E-state index contributed by atoms with van der Waals surface area (Å²) in [6, 6.07) is 6.78. The van der Waals surface area contributed by atoms with E-state index in [0.29, 0.717) is 11.8 Å². The third-order valence-electron chi connectivity index (χ3n) is 7.72. The molecule has 2 nitrogen and oxygen atoms in total. The SMILES string of the molecule is COc1ccc2c(c1)CC[C@H]1C3=CC4CC4(O[Si](C)(C)C)[C@@]3(C)CC[C@H]21. The zero-order valence-electron chi connectivity index (χ0n) is 16.9. The summed E-state index contributed by atoms with van der Waals surface area (Å²) in [5.74, 6) is 3.12. The van der Waals surface area contributed by atoms with Gasteiger partial charge in [-0.15, -0.1) is 0 Å². The van der Waals surface area contributed by atoms with Gasteiger partial charge >= 0.3 is 0 Å². The molecule has 3 heteroatoms. The third kappa shape index (κ3) is 2.19. The number of benzene rings is 1. The first-order chi connectivity index (χ1) is 12.3. The van der Waals surface area contributed by atoms with Gasteiger partial charge in [0, 0.05) is 11.3 Å². The molecule has 0 heterocycles. The van der Waals surface area contributed by atoms with Crippen molar-refractivity contribution in [2.75, 3.05) is 7.11 Å². The Labute approximate surface area is 159 Å². The molecule has 0 spiro atoms. The third-order valence-corrected chi connectivity index (χ3v) is 8.69. The number of methoxy groups -OCH3 is 1. The summed E-state index contributed by atoms with van der Waals surface area (Å²) in [4.78, 5) is 0. The molecule has 2 fully saturated rings. The Bertz CT molecular complexity index is 792. The summed E-state index contributed by atoms with van der Waals surface area (Å²) in [7, 11) is 0.236. The van der Waals surface area contributed by atoms with Crippen LogP contribution >= 0.6 is 0 Å². The van der Waals surface area contributed by atoms with E-state index >= 15 is 0 Å². The highest BCUT2D eigenvalue weighted by Crippen LogP contribution is 2.73.